The van der Waals surface area contributed by atoms with Crippen LogP contribution in [0.2, 0.25) is 0 Å². The molecule has 0 radical (unpaired) electrons. The molecule has 2 aromatic rings. The molecule has 0 spiro atoms. The fraction of sp³-hybridized carbons (Fsp3) is 0.222. The summed E-state index contributed by atoms with van der Waals surface area (Å²) in [6.45, 7) is 2.61. The van der Waals surface area contributed by atoms with Crippen LogP contribution >= 0.6 is 0 Å². The molecule has 0 atom stereocenters. The quantitative estimate of drug-likeness (QED) is 0.795. The Labute approximate surface area is 137 Å². The van der Waals surface area contributed by atoms with E-state index >= 15 is 0 Å². The van der Waals surface area contributed by atoms with E-state index in [1.54, 1.807) is 17.9 Å². The van der Waals surface area contributed by atoms with Gasteiger partial charge in [0.15, 0.2) is 0 Å². The van der Waals surface area contributed by atoms with E-state index in [0.717, 1.165) is 29.2 Å². The molecule has 24 heavy (non-hydrogen) atoms. The molecule has 1 aromatic carbocycles. The first-order chi connectivity index (χ1) is 11.5. The molecule has 124 valence electrons. The molecule has 1 aliphatic heterocycles. The van der Waals surface area contributed by atoms with Crippen LogP contribution in [0, 0.1) is 18.6 Å². The molecule has 1 amide bonds. The molecular weight excluding hydrogens is 314 g/mol. The van der Waals surface area contributed by atoms with Crippen LogP contribution in [0.25, 0.3) is 5.69 Å². The van der Waals surface area contributed by atoms with Crippen molar-refractivity contribution in [3.05, 3.63) is 75.7 Å². The van der Waals surface area contributed by atoms with E-state index in [4.69, 9.17) is 0 Å². The van der Waals surface area contributed by atoms with Gasteiger partial charge in [-0.3, -0.25) is 14.2 Å². The number of pyridine rings is 1. The second-order valence-corrected chi connectivity index (χ2v) is 5.66. The number of rotatable bonds is 2. The molecule has 2 heterocycles. The second-order valence-electron chi connectivity index (χ2n) is 5.66. The van der Waals surface area contributed by atoms with Crippen LogP contribution in [-0.2, 0) is 0 Å². The van der Waals surface area contributed by atoms with Gasteiger partial charge in [0.05, 0.1) is 5.69 Å². The average Bonchev–Trinajstić information content (AvgIpc) is 2.58. The van der Waals surface area contributed by atoms with Crippen molar-refractivity contribution in [1.82, 2.24) is 9.47 Å². The van der Waals surface area contributed by atoms with Gasteiger partial charge >= 0.3 is 0 Å². The van der Waals surface area contributed by atoms with Crippen LogP contribution in [0.1, 0.15) is 22.3 Å². The van der Waals surface area contributed by atoms with Gasteiger partial charge in [-0.25, -0.2) is 8.78 Å². The zero-order valence-electron chi connectivity index (χ0n) is 13.1. The Morgan fingerprint density at radius 2 is 1.96 bits per heavy atom. The van der Waals surface area contributed by atoms with Crippen molar-refractivity contribution in [2.24, 2.45) is 0 Å². The number of hydrogen-bond acceptors (Lipinski definition) is 2. The van der Waals surface area contributed by atoms with Gasteiger partial charge in [-0.05, 0) is 37.1 Å². The Morgan fingerprint density at radius 3 is 2.67 bits per heavy atom. The third-order valence-electron chi connectivity index (χ3n) is 4.03. The van der Waals surface area contributed by atoms with E-state index in [1.807, 2.05) is 12.2 Å². The highest BCUT2D eigenvalue weighted by Crippen LogP contribution is 2.16. The summed E-state index contributed by atoms with van der Waals surface area (Å²) in [7, 11) is 0. The zero-order valence-corrected chi connectivity index (χ0v) is 13.1. The van der Waals surface area contributed by atoms with Gasteiger partial charge < -0.3 is 4.90 Å². The van der Waals surface area contributed by atoms with Gasteiger partial charge in [-0.2, -0.15) is 0 Å². The van der Waals surface area contributed by atoms with Crippen molar-refractivity contribution in [1.29, 1.82) is 0 Å². The summed E-state index contributed by atoms with van der Waals surface area (Å²) in [5.74, 6) is -1.79. The maximum absolute atomic E-state index is 14.0. The van der Waals surface area contributed by atoms with Crippen LogP contribution in [0.5, 0.6) is 0 Å². The molecule has 0 bridgehead atoms. The standard InChI is InChI=1S/C18H16F2N2O2/c1-12-7-10-22(15-11-13(19)5-6-14(15)20)18(24)16(12)17(23)21-8-3-2-4-9-21/h2-3,5-7,10-11H,4,8-9H2,1H3. The van der Waals surface area contributed by atoms with Gasteiger partial charge in [0, 0.05) is 25.4 Å². The second kappa shape index (κ2) is 6.39. The molecule has 0 unspecified atom stereocenters. The Morgan fingerprint density at radius 1 is 1.17 bits per heavy atom. The van der Waals surface area contributed by atoms with Crippen LogP contribution in [-0.4, -0.2) is 28.5 Å². The van der Waals surface area contributed by atoms with E-state index in [0.29, 0.717) is 18.7 Å². The van der Waals surface area contributed by atoms with Crippen LogP contribution < -0.4 is 5.56 Å². The lowest BCUT2D eigenvalue weighted by atomic mass is 10.1. The van der Waals surface area contributed by atoms with E-state index < -0.39 is 23.1 Å². The molecule has 3 rings (SSSR count). The lowest BCUT2D eigenvalue weighted by Gasteiger charge is -2.24. The molecule has 1 aliphatic rings. The zero-order chi connectivity index (χ0) is 17.3. The average molecular weight is 330 g/mol. The number of hydrogen-bond donors (Lipinski definition) is 0. The minimum absolute atomic E-state index is 0.0172. The fourth-order valence-electron chi connectivity index (χ4n) is 2.73. The number of aryl methyl sites for hydroxylation is 1. The summed E-state index contributed by atoms with van der Waals surface area (Å²) in [5, 5.41) is 0. The molecule has 0 fully saturated rings. The molecule has 1 aromatic heterocycles. The Balaban J connectivity index is 2.12. The SMILES string of the molecule is Cc1ccn(-c2cc(F)ccc2F)c(=O)c1C(=O)N1CC=CCC1. The van der Waals surface area contributed by atoms with Crippen molar-refractivity contribution in [2.75, 3.05) is 13.1 Å². The van der Waals surface area contributed by atoms with Crippen LogP contribution in [0.15, 0.2) is 47.4 Å². The Hall–Kier alpha value is -2.76. The van der Waals surface area contributed by atoms with E-state index in [9.17, 15) is 18.4 Å². The highest BCUT2D eigenvalue weighted by atomic mass is 19.1. The summed E-state index contributed by atoms with van der Waals surface area (Å²) in [4.78, 5) is 27.0. The largest absolute Gasteiger partial charge is 0.334 e. The monoisotopic (exact) mass is 330 g/mol. The van der Waals surface area contributed by atoms with Crippen molar-refractivity contribution in [3.8, 4) is 5.69 Å². The molecule has 0 N–H and O–H groups in total. The highest BCUT2D eigenvalue weighted by Gasteiger charge is 2.23. The van der Waals surface area contributed by atoms with Crippen molar-refractivity contribution < 1.29 is 13.6 Å². The molecule has 0 aliphatic carbocycles. The molecule has 4 nitrogen and oxygen atoms in total. The first kappa shape index (κ1) is 16.1. The summed E-state index contributed by atoms with van der Waals surface area (Å²) in [6.07, 6.45) is 5.92. The third kappa shape index (κ3) is 2.87. The molecule has 0 saturated heterocycles. The maximum atomic E-state index is 14.0. The van der Waals surface area contributed by atoms with Crippen LogP contribution in [0.3, 0.4) is 0 Å². The number of nitrogens with zero attached hydrogens (tertiary/aromatic N) is 2. The third-order valence-corrected chi connectivity index (χ3v) is 4.03. The number of benzene rings is 1. The summed E-state index contributed by atoms with van der Waals surface area (Å²) in [6, 6.07) is 4.42. The fourth-order valence-corrected chi connectivity index (χ4v) is 2.73. The van der Waals surface area contributed by atoms with E-state index in [1.165, 1.54) is 6.20 Å². The van der Waals surface area contributed by atoms with Gasteiger partial charge in [0.2, 0.25) is 0 Å². The first-order valence-corrected chi connectivity index (χ1v) is 7.61. The lowest BCUT2D eigenvalue weighted by Crippen LogP contribution is -2.39. The predicted molar refractivity (Wildman–Crippen MR) is 86.4 cm³/mol. The molecule has 0 saturated carbocycles. The van der Waals surface area contributed by atoms with Gasteiger partial charge in [-0.1, -0.05) is 12.2 Å². The topological polar surface area (TPSA) is 42.3 Å². The highest BCUT2D eigenvalue weighted by molar-refractivity contribution is 5.95. The Bertz CT molecular complexity index is 887. The van der Waals surface area contributed by atoms with Gasteiger partial charge in [-0.15, -0.1) is 0 Å². The summed E-state index contributed by atoms with van der Waals surface area (Å²) < 4.78 is 28.4. The van der Waals surface area contributed by atoms with Crippen LogP contribution in [0.4, 0.5) is 8.78 Å². The Kier molecular flexibility index (Phi) is 4.29. The van der Waals surface area contributed by atoms with Crippen molar-refractivity contribution in [2.45, 2.75) is 13.3 Å². The van der Waals surface area contributed by atoms with Crippen molar-refractivity contribution >= 4 is 5.91 Å². The van der Waals surface area contributed by atoms with E-state index in [2.05, 4.69) is 0 Å². The predicted octanol–water partition coefficient (Wildman–Crippen LogP) is 2.83. The molecule has 6 heteroatoms. The number of carbonyl (C=O) groups is 1. The summed E-state index contributed by atoms with van der Waals surface area (Å²) >= 11 is 0. The minimum atomic E-state index is -0.735. The minimum Gasteiger partial charge on any atom is -0.334 e. The maximum Gasteiger partial charge on any atom is 0.268 e. The molecular formula is C18H16F2N2O2. The number of halogens is 2. The number of amides is 1. The lowest BCUT2D eigenvalue weighted by molar-refractivity contribution is 0.0768. The number of aromatic nitrogens is 1. The van der Waals surface area contributed by atoms with Gasteiger partial charge in [0.1, 0.15) is 17.2 Å². The smallest absolute Gasteiger partial charge is 0.268 e. The van der Waals surface area contributed by atoms with Crippen molar-refractivity contribution in [3.63, 3.8) is 0 Å². The number of carbonyl (C=O) groups excluding carboxylic acids is 1. The van der Waals surface area contributed by atoms with Gasteiger partial charge in [0.25, 0.3) is 11.5 Å². The van der Waals surface area contributed by atoms with E-state index in [-0.39, 0.29) is 11.3 Å². The summed E-state index contributed by atoms with van der Waals surface area (Å²) in [5.41, 5.74) is -0.379. The normalized spacial score (nSPS) is 14.0. The first-order valence-electron chi connectivity index (χ1n) is 7.61.